The molecule has 0 unspecified atom stereocenters. The number of carboxylic acids is 1. The standard InChI is InChI=1S/C15H26N2O4/c1-21-12-5-9-17(10-6-12)14(20)16-11-15(13(18)19)7-3-2-4-8-15/h12H,2-11H2,1H3,(H,16,20)(H,18,19). The molecule has 21 heavy (non-hydrogen) atoms. The second-order valence-electron chi connectivity index (χ2n) is 6.23. The Hall–Kier alpha value is -1.30. The first-order valence-corrected chi connectivity index (χ1v) is 7.86. The predicted octanol–water partition coefficient (Wildman–Crippen LogP) is 1.84. The fourth-order valence-corrected chi connectivity index (χ4v) is 3.35. The van der Waals surface area contributed by atoms with Gasteiger partial charge in [-0.2, -0.15) is 0 Å². The van der Waals surface area contributed by atoms with Crippen LogP contribution in [0.25, 0.3) is 0 Å². The number of piperidine rings is 1. The molecule has 2 aliphatic rings. The van der Waals surface area contributed by atoms with E-state index in [1.54, 1.807) is 12.0 Å². The number of carboxylic acid groups (broad SMARTS) is 1. The second-order valence-corrected chi connectivity index (χ2v) is 6.23. The third kappa shape index (κ3) is 3.87. The van der Waals surface area contributed by atoms with Crippen LogP contribution in [0.1, 0.15) is 44.9 Å². The van der Waals surface area contributed by atoms with E-state index < -0.39 is 11.4 Å². The minimum Gasteiger partial charge on any atom is -0.481 e. The molecule has 1 saturated heterocycles. The zero-order valence-corrected chi connectivity index (χ0v) is 12.8. The summed E-state index contributed by atoms with van der Waals surface area (Å²) in [5.74, 6) is -0.777. The predicted molar refractivity (Wildman–Crippen MR) is 78.2 cm³/mol. The van der Waals surface area contributed by atoms with Gasteiger partial charge in [0.05, 0.1) is 11.5 Å². The molecule has 0 spiro atoms. The molecule has 1 saturated carbocycles. The lowest BCUT2D eigenvalue weighted by Gasteiger charge is -2.35. The van der Waals surface area contributed by atoms with Crippen LogP contribution in [0.4, 0.5) is 4.79 Å². The van der Waals surface area contributed by atoms with Crippen LogP contribution in [0.2, 0.25) is 0 Å². The molecule has 6 heteroatoms. The number of aliphatic carboxylic acids is 1. The molecule has 1 aliphatic heterocycles. The Bertz CT molecular complexity index is 372. The quantitative estimate of drug-likeness (QED) is 0.830. The molecule has 6 nitrogen and oxygen atoms in total. The number of carbonyl (C=O) groups excluding carboxylic acids is 1. The molecule has 0 aromatic rings. The largest absolute Gasteiger partial charge is 0.481 e. The van der Waals surface area contributed by atoms with Gasteiger partial charge in [-0.15, -0.1) is 0 Å². The van der Waals surface area contributed by atoms with E-state index in [9.17, 15) is 14.7 Å². The van der Waals surface area contributed by atoms with Gasteiger partial charge in [0.25, 0.3) is 0 Å². The van der Waals surface area contributed by atoms with Crippen LogP contribution in [0.5, 0.6) is 0 Å². The highest BCUT2D eigenvalue weighted by atomic mass is 16.5. The molecule has 0 aromatic heterocycles. The van der Waals surface area contributed by atoms with E-state index >= 15 is 0 Å². The van der Waals surface area contributed by atoms with Gasteiger partial charge in [-0.1, -0.05) is 19.3 Å². The summed E-state index contributed by atoms with van der Waals surface area (Å²) < 4.78 is 5.29. The smallest absolute Gasteiger partial charge is 0.317 e. The molecule has 2 fully saturated rings. The summed E-state index contributed by atoms with van der Waals surface area (Å²) in [7, 11) is 1.69. The van der Waals surface area contributed by atoms with Gasteiger partial charge in [0.15, 0.2) is 0 Å². The van der Waals surface area contributed by atoms with Crippen LogP contribution < -0.4 is 5.32 Å². The van der Waals surface area contributed by atoms with Crippen LogP contribution in [-0.2, 0) is 9.53 Å². The van der Waals surface area contributed by atoms with E-state index in [0.29, 0.717) is 25.9 Å². The summed E-state index contributed by atoms with van der Waals surface area (Å²) >= 11 is 0. The van der Waals surface area contributed by atoms with Crippen LogP contribution in [0, 0.1) is 5.41 Å². The number of nitrogens with zero attached hydrogens (tertiary/aromatic N) is 1. The summed E-state index contributed by atoms with van der Waals surface area (Å²) in [6.45, 7) is 1.58. The Morgan fingerprint density at radius 1 is 1.24 bits per heavy atom. The number of hydrogen-bond donors (Lipinski definition) is 2. The number of ether oxygens (including phenoxy) is 1. The number of carbonyl (C=O) groups is 2. The molecule has 2 N–H and O–H groups in total. The molecule has 0 radical (unpaired) electrons. The average Bonchev–Trinajstić information content (AvgIpc) is 2.53. The highest BCUT2D eigenvalue weighted by Crippen LogP contribution is 2.36. The second kappa shape index (κ2) is 7.11. The summed E-state index contributed by atoms with van der Waals surface area (Å²) in [5.41, 5.74) is -0.765. The van der Waals surface area contributed by atoms with Crippen molar-refractivity contribution in [2.75, 3.05) is 26.7 Å². The Kier molecular flexibility index (Phi) is 5.45. The van der Waals surface area contributed by atoms with Crippen LogP contribution >= 0.6 is 0 Å². The number of rotatable bonds is 4. The fraction of sp³-hybridized carbons (Fsp3) is 0.867. The van der Waals surface area contributed by atoms with Crippen molar-refractivity contribution in [1.29, 1.82) is 0 Å². The van der Waals surface area contributed by atoms with E-state index in [4.69, 9.17) is 4.74 Å². The monoisotopic (exact) mass is 298 g/mol. The summed E-state index contributed by atoms with van der Waals surface area (Å²) in [6.07, 6.45) is 6.19. The Labute approximate surface area is 125 Å². The third-order valence-electron chi connectivity index (χ3n) is 4.90. The molecule has 2 amide bonds. The van der Waals surface area contributed by atoms with Gasteiger partial charge >= 0.3 is 12.0 Å². The molecule has 0 atom stereocenters. The number of urea groups is 1. The Morgan fingerprint density at radius 3 is 2.38 bits per heavy atom. The molecule has 120 valence electrons. The van der Waals surface area contributed by atoms with E-state index in [-0.39, 0.29) is 18.7 Å². The van der Waals surface area contributed by atoms with Gasteiger partial charge in [-0.05, 0) is 25.7 Å². The van der Waals surface area contributed by atoms with Gasteiger partial charge in [-0.25, -0.2) is 4.79 Å². The van der Waals surface area contributed by atoms with Crippen molar-refractivity contribution in [3.05, 3.63) is 0 Å². The summed E-state index contributed by atoms with van der Waals surface area (Å²) in [5, 5.41) is 12.3. The van der Waals surface area contributed by atoms with E-state index in [2.05, 4.69) is 5.32 Å². The average molecular weight is 298 g/mol. The van der Waals surface area contributed by atoms with Crippen LogP contribution in [0.3, 0.4) is 0 Å². The maximum absolute atomic E-state index is 12.2. The SMILES string of the molecule is COC1CCN(C(=O)NCC2(C(=O)O)CCCCC2)CC1. The Balaban J connectivity index is 1.83. The zero-order chi connectivity index (χ0) is 15.3. The lowest BCUT2D eigenvalue weighted by molar-refractivity contribution is -0.150. The van der Waals surface area contributed by atoms with Gasteiger partial charge in [0.2, 0.25) is 0 Å². The molecule has 1 aliphatic carbocycles. The molecule has 2 rings (SSSR count). The van der Waals surface area contributed by atoms with Crippen molar-refractivity contribution in [3.8, 4) is 0 Å². The first kappa shape index (κ1) is 16.1. The number of hydrogen-bond acceptors (Lipinski definition) is 3. The minimum absolute atomic E-state index is 0.143. The Morgan fingerprint density at radius 2 is 1.86 bits per heavy atom. The van der Waals surface area contributed by atoms with Crippen molar-refractivity contribution in [3.63, 3.8) is 0 Å². The maximum Gasteiger partial charge on any atom is 0.317 e. The van der Waals surface area contributed by atoms with Gasteiger partial charge in [0.1, 0.15) is 0 Å². The zero-order valence-electron chi connectivity index (χ0n) is 12.8. The molecular weight excluding hydrogens is 272 g/mol. The first-order valence-electron chi connectivity index (χ1n) is 7.86. The van der Waals surface area contributed by atoms with Crippen LogP contribution in [0.15, 0.2) is 0 Å². The molecule has 0 bridgehead atoms. The van der Waals surface area contributed by atoms with Crippen molar-refractivity contribution in [1.82, 2.24) is 10.2 Å². The van der Waals surface area contributed by atoms with Crippen molar-refractivity contribution in [2.45, 2.75) is 51.0 Å². The highest BCUT2D eigenvalue weighted by Gasteiger charge is 2.40. The fourth-order valence-electron chi connectivity index (χ4n) is 3.35. The van der Waals surface area contributed by atoms with E-state index in [1.165, 1.54) is 0 Å². The van der Waals surface area contributed by atoms with Crippen molar-refractivity contribution >= 4 is 12.0 Å². The van der Waals surface area contributed by atoms with E-state index in [0.717, 1.165) is 32.1 Å². The van der Waals surface area contributed by atoms with E-state index in [1.807, 2.05) is 0 Å². The van der Waals surface area contributed by atoms with Gasteiger partial charge < -0.3 is 20.1 Å². The normalized spacial score (nSPS) is 22.8. The lowest BCUT2D eigenvalue weighted by atomic mass is 9.74. The topological polar surface area (TPSA) is 78.9 Å². The summed E-state index contributed by atoms with van der Waals surface area (Å²) in [4.78, 5) is 25.5. The molecular formula is C15H26N2O4. The minimum atomic E-state index is -0.777. The molecule has 1 heterocycles. The number of nitrogens with one attached hydrogen (secondary N) is 1. The van der Waals surface area contributed by atoms with Crippen molar-refractivity contribution < 1.29 is 19.4 Å². The van der Waals surface area contributed by atoms with Crippen LogP contribution in [-0.4, -0.2) is 54.9 Å². The molecule has 0 aromatic carbocycles. The number of methoxy groups -OCH3 is 1. The lowest BCUT2D eigenvalue weighted by Crippen LogP contribution is -2.50. The summed E-state index contributed by atoms with van der Waals surface area (Å²) in [6, 6.07) is -0.143. The maximum atomic E-state index is 12.2. The first-order chi connectivity index (χ1) is 10.1. The highest BCUT2D eigenvalue weighted by molar-refractivity contribution is 5.78. The number of amides is 2. The third-order valence-corrected chi connectivity index (χ3v) is 4.90. The van der Waals surface area contributed by atoms with Crippen molar-refractivity contribution in [2.24, 2.45) is 5.41 Å². The van der Waals surface area contributed by atoms with Gasteiger partial charge in [-0.3, -0.25) is 4.79 Å². The number of likely N-dealkylation sites (tertiary alicyclic amines) is 1. The van der Waals surface area contributed by atoms with Gasteiger partial charge in [0, 0.05) is 26.7 Å².